The predicted molar refractivity (Wildman–Crippen MR) is 102 cm³/mol. The van der Waals surface area contributed by atoms with Crippen LogP contribution in [0.15, 0.2) is 46.8 Å². The van der Waals surface area contributed by atoms with E-state index in [0.717, 1.165) is 4.47 Å². The maximum Gasteiger partial charge on any atom is 0.236 e. The van der Waals surface area contributed by atoms with Gasteiger partial charge in [-0.25, -0.2) is 28.4 Å². The van der Waals surface area contributed by atoms with Crippen molar-refractivity contribution in [3.8, 4) is 0 Å². The van der Waals surface area contributed by atoms with E-state index in [4.69, 9.17) is 0 Å². The molecule has 8 nitrogen and oxygen atoms in total. The van der Waals surface area contributed by atoms with Gasteiger partial charge in [0.25, 0.3) is 0 Å². The second kappa shape index (κ2) is 8.65. The minimum Gasteiger partial charge on any atom is -0.338 e. The van der Waals surface area contributed by atoms with Crippen molar-refractivity contribution in [2.45, 2.75) is 12.8 Å². The fourth-order valence-electron chi connectivity index (χ4n) is 2.56. The first kappa shape index (κ1) is 18.9. The lowest BCUT2D eigenvalue weighted by molar-refractivity contribution is 0.387. The summed E-state index contributed by atoms with van der Waals surface area (Å²) in [6, 6.07) is 1.75. The average molecular weight is 439 g/mol. The third-order valence-corrected chi connectivity index (χ3v) is 5.94. The maximum atomic E-state index is 12.4. The summed E-state index contributed by atoms with van der Waals surface area (Å²) in [7, 11) is -3.41. The fraction of sp³-hybridized carbons (Fsp3) is 0.375. The molecule has 0 atom stereocenters. The van der Waals surface area contributed by atoms with Gasteiger partial charge >= 0.3 is 0 Å². The van der Waals surface area contributed by atoms with Gasteiger partial charge in [0, 0.05) is 62.8 Å². The standard InChI is InChI=1S/C16H19BrN6O2S/c17-14-12-20-16(21-13-14)22-7-9-23(10-8-22)26(24,25)11-2-1-4-15-18-5-3-6-19-15/h2-3,5-6,11-13H,1,4,7-10H2/b11-2+. The van der Waals surface area contributed by atoms with Crippen LogP contribution in [-0.4, -0.2) is 58.8 Å². The molecule has 0 aliphatic carbocycles. The highest BCUT2D eigenvalue weighted by atomic mass is 79.9. The molecule has 0 N–H and O–H groups in total. The van der Waals surface area contributed by atoms with E-state index < -0.39 is 10.0 Å². The van der Waals surface area contributed by atoms with Crippen molar-refractivity contribution in [1.29, 1.82) is 0 Å². The molecule has 0 bridgehead atoms. The molecule has 0 radical (unpaired) electrons. The highest BCUT2D eigenvalue weighted by Crippen LogP contribution is 2.15. The molecule has 1 aliphatic heterocycles. The number of aryl methyl sites for hydroxylation is 1. The Balaban J connectivity index is 1.51. The average Bonchev–Trinajstić information content (AvgIpc) is 2.67. The maximum absolute atomic E-state index is 12.4. The third kappa shape index (κ3) is 5.05. The molecule has 1 aliphatic rings. The zero-order valence-corrected chi connectivity index (χ0v) is 16.5. The van der Waals surface area contributed by atoms with E-state index in [1.807, 2.05) is 4.90 Å². The van der Waals surface area contributed by atoms with Crippen LogP contribution in [0.5, 0.6) is 0 Å². The molecule has 0 spiro atoms. The van der Waals surface area contributed by atoms with Crippen LogP contribution in [0.2, 0.25) is 0 Å². The van der Waals surface area contributed by atoms with Crippen molar-refractivity contribution >= 4 is 31.9 Å². The molecular formula is C16H19BrN6O2S. The van der Waals surface area contributed by atoms with Crippen LogP contribution >= 0.6 is 15.9 Å². The number of rotatable bonds is 6. The summed E-state index contributed by atoms with van der Waals surface area (Å²) in [4.78, 5) is 18.7. The second-order valence-electron chi connectivity index (χ2n) is 5.71. The van der Waals surface area contributed by atoms with Crippen LogP contribution in [0.1, 0.15) is 12.2 Å². The first-order valence-electron chi connectivity index (χ1n) is 8.20. The first-order chi connectivity index (χ1) is 12.5. The van der Waals surface area contributed by atoms with E-state index in [1.54, 1.807) is 36.9 Å². The predicted octanol–water partition coefficient (Wildman–Crippen LogP) is 1.63. The summed E-state index contributed by atoms with van der Waals surface area (Å²) < 4.78 is 27.2. The smallest absolute Gasteiger partial charge is 0.236 e. The molecule has 3 heterocycles. The molecule has 1 saturated heterocycles. The van der Waals surface area contributed by atoms with Crippen molar-refractivity contribution in [2.24, 2.45) is 0 Å². The number of piperazine rings is 1. The Hall–Kier alpha value is -1.91. The lowest BCUT2D eigenvalue weighted by Crippen LogP contribution is -2.48. The van der Waals surface area contributed by atoms with E-state index in [-0.39, 0.29) is 0 Å². The van der Waals surface area contributed by atoms with Crippen molar-refractivity contribution in [3.63, 3.8) is 0 Å². The lowest BCUT2D eigenvalue weighted by Gasteiger charge is -2.33. The summed E-state index contributed by atoms with van der Waals surface area (Å²) in [6.07, 6.45) is 9.58. The van der Waals surface area contributed by atoms with Gasteiger partial charge in [0.2, 0.25) is 16.0 Å². The molecule has 138 valence electrons. The van der Waals surface area contributed by atoms with Gasteiger partial charge < -0.3 is 4.90 Å². The molecule has 0 aromatic carbocycles. The molecule has 3 rings (SSSR count). The normalized spacial score (nSPS) is 16.3. The molecular weight excluding hydrogens is 420 g/mol. The minimum atomic E-state index is -3.41. The van der Waals surface area contributed by atoms with Gasteiger partial charge in [-0.3, -0.25) is 0 Å². The number of allylic oxidation sites excluding steroid dienone is 1. The van der Waals surface area contributed by atoms with E-state index in [9.17, 15) is 8.42 Å². The lowest BCUT2D eigenvalue weighted by atomic mass is 10.3. The molecule has 1 fully saturated rings. The Bertz CT molecular complexity index is 837. The Morgan fingerprint density at radius 3 is 2.35 bits per heavy atom. The summed E-state index contributed by atoms with van der Waals surface area (Å²) in [5.41, 5.74) is 0. The Kier molecular flexibility index (Phi) is 6.28. The summed E-state index contributed by atoms with van der Waals surface area (Å²) >= 11 is 3.30. The van der Waals surface area contributed by atoms with Crippen LogP contribution < -0.4 is 4.90 Å². The first-order valence-corrected chi connectivity index (χ1v) is 10.5. The Morgan fingerprint density at radius 1 is 1.04 bits per heavy atom. The van der Waals surface area contributed by atoms with E-state index >= 15 is 0 Å². The number of halogens is 1. The fourth-order valence-corrected chi connectivity index (χ4v) is 3.99. The zero-order valence-electron chi connectivity index (χ0n) is 14.1. The summed E-state index contributed by atoms with van der Waals surface area (Å²) in [6.45, 7) is 1.95. The molecule has 0 saturated carbocycles. The number of hydrogen-bond donors (Lipinski definition) is 0. The van der Waals surface area contributed by atoms with Gasteiger partial charge in [-0.05, 0) is 28.4 Å². The van der Waals surface area contributed by atoms with Crippen molar-refractivity contribution in [1.82, 2.24) is 24.2 Å². The molecule has 0 amide bonds. The Morgan fingerprint density at radius 2 is 1.69 bits per heavy atom. The van der Waals surface area contributed by atoms with Crippen LogP contribution in [-0.2, 0) is 16.4 Å². The summed E-state index contributed by atoms with van der Waals surface area (Å²) in [5, 5.41) is 1.28. The molecule has 2 aromatic rings. The van der Waals surface area contributed by atoms with Crippen molar-refractivity contribution in [3.05, 3.63) is 52.6 Å². The second-order valence-corrected chi connectivity index (χ2v) is 8.44. The monoisotopic (exact) mass is 438 g/mol. The molecule has 10 heteroatoms. The van der Waals surface area contributed by atoms with E-state index in [1.165, 1.54) is 9.71 Å². The van der Waals surface area contributed by atoms with E-state index in [0.29, 0.717) is 50.8 Å². The third-order valence-electron chi connectivity index (χ3n) is 3.91. The van der Waals surface area contributed by atoms with Gasteiger partial charge in [0.05, 0.1) is 4.47 Å². The van der Waals surface area contributed by atoms with Crippen molar-refractivity contribution in [2.75, 3.05) is 31.1 Å². The van der Waals surface area contributed by atoms with Crippen molar-refractivity contribution < 1.29 is 8.42 Å². The van der Waals surface area contributed by atoms with Crippen LogP contribution in [0.4, 0.5) is 5.95 Å². The van der Waals surface area contributed by atoms with Crippen LogP contribution in [0.25, 0.3) is 0 Å². The minimum absolute atomic E-state index is 0.411. The number of sulfonamides is 1. The highest BCUT2D eigenvalue weighted by molar-refractivity contribution is 9.10. The molecule has 26 heavy (non-hydrogen) atoms. The largest absolute Gasteiger partial charge is 0.338 e. The quantitative estimate of drug-likeness (QED) is 0.676. The van der Waals surface area contributed by atoms with Gasteiger partial charge in [-0.1, -0.05) is 6.08 Å². The Labute approximate surface area is 161 Å². The van der Waals surface area contributed by atoms with Gasteiger partial charge in [0.1, 0.15) is 5.82 Å². The summed E-state index contributed by atoms with van der Waals surface area (Å²) in [5.74, 6) is 1.32. The number of aromatic nitrogens is 4. The topological polar surface area (TPSA) is 92.2 Å². The van der Waals surface area contributed by atoms with Gasteiger partial charge in [-0.15, -0.1) is 0 Å². The molecule has 0 unspecified atom stereocenters. The molecule has 2 aromatic heterocycles. The number of hydrogen-bond acceptors (Lipinski definition) is 7. The van der Waals surface area contributed by atoms with Crippen LogP contribution in [0.3, 0.4) is 0 Å². The zero-order chi connectivity index (χ0) is 18.4. The SMILES string of the molecule is O=S(=O)(/C=C/CCc1ncccn1)N1CCN(c2ncc(Br)cn2)CC1. The van der Waals surface area contributed by atoms with Gasteiger partial charge in [0.15, 0.2) is 0 Å². The highest BCUT2D eigenvalue weighted by Gasteiger charge is 2.25. The number of nitrogens with zero attached hydrogens (tertiary/aromatic N) is 6. The van der Waals surface area contributed by atoms with E-state index in [2.05, 4.69) is 35.9 Å². The van der Waals surface area contributed by atoms with Gasteiger partial charge in [-0.2, -0.15) is 4.31 Å². The number of anilines is 1. The van der Waals surface area contributed by atoms with Crippen LogP contribution in [0, 0.1) is 0 Å².